The lowest BCUT2D eigenvalue weighted by molar-refractivity contribution is 0.669. The number of para-hydroxylation sites is 6. The molecule has 0 spiro atoms. The van der Waals surface area contributed by atoms with Gasteiger partial charge in [-0.2, -0.15) is 0 Å². The number of anilines is 3. The highest BCUT2D eigenvalue weighted by Gasteiger charge is 2.28. The van der Waals surface area contributed by atoms with E-state index < -0.39 is 0 Å². The first-order valence-electron chi connectivity index (χ1n) is 21.8. The Morgan fingerprint density at radius 2 is 0.984 bits per heavy atom. The minimum absolute atomic E-state index is 0.844. The van der Waals surface area contributed by atoms with Gasteiger partial charge in [0.2, 0.25) is 0 Å². The Labute approximate surface area is 368 Å². The Morgan fingerprint density at radius 3 is 1.88 bits per heavy atom. The molecule has 4 heteroatoms. The topological polar surface area (TPSA) is 34.5 Å². The highest BCUT2D eigenvalue weighted by Crippen LogP contribution is 2.51. The fourth-order valence-corrected chi connectivity index (χ4v) is 10.5. The number of hydrogen-bond donors (Lipinski definition) is 0. The molecule has 0 radical (unpaired) electrons. The van der Waals surface area contributed by atoms with Crippen molar-refractivity contribution in [2.45, 2.75) is 0 Å². The lowest BCUT2D eigenvalue weighted by Gasteiger charge is -2.26. The van der Waals surface area contributed by atoms with Gasteiger partial charge in [0.1, 0.15) is 16.7 Å². The van der Waals surface area contributed by atoms with E-state index in [0.717, 1.165) is 83.2 Å². The van der Waals surface area contributed by atoms with E-state index in [4.69, 9.17) is 8.83 Å². The van der Waals surface area contributed by atoms with Crippen molar-refractivity contribution in [1.82, 2.24) is 4.57 Å². The summed E-state index contributed by atoms with van der Waals surface area (Å²) in [7, 11) is 0. The summed E-state index contributed by atoms with van der Waals surface area (Å²) >= 11 is 0. The molecule has 1 aliphatic rings. The Hall–Kier alpha value is -8.60. The number of nitrogens with zero attached hydrogens (tertiary/aromatic N) is 2. The molecule has 0 amide bonds. The molecule has 298 valence electrons. The van der Waals surface area contributed by atoms with Crippen LogP contribution in [0.4, 0.5) is 17.1 Å². The van der Waals surface area contributed by atoms with Crippen LogP contribution >= 0.6 is 0 Å². The number of rotatable bonds is 5. The molecule has 0 fully saturated rings. The molecule has 0 unspecified atom stereocenters. The van der Waals surface area contributed by atoms with E-state index in [0.29, 0.717) is 0 Å². The SMILES string of the molecule is c1ccc(-c2ccc(N(c3cccc(-c4cccc5c4oc4c6c(ccc45)-c4ccccc4-n4c5ccccc5c5cccc-6c54)c3)c3cccc4c3oc3ccccc34)cc2)cc1. The van der Waals surface area contributed by atoms with Gasteiger partial charge in [-0.05, 0) is 76.9 Å². The van der Waals surface area contributed by atoms with Crippen LogP contribution in [-0.4, -0.2) is 4.57 Å². The van der Waals surface area contributed by atoms with Crippen LogP contribution in [-0.2, 0) is 0 Å². The quantitative estimate of drug-likeness (QED) is 0.174. The first-order chi connectivity index (χ1) is 31.8. The third kappa shape index (κ3) is 4.99. The van der Waals surface area contributed by atoms with Crippen molar-refractivity contribution in [2.24, 2.45) is 0 Å². The first kappa shape index (κ1) is 35.0. The molecule has 10 aromatic carbocycles. The fourth-order valence-electron chi connectivity index (χ4n) is 10.5. The van der Waals surface area contributed by atoms with E-state index in [1.165, 1.54) is 49.7 Å². The lowest BCUT2D eigenvalue weighted by atomic mass is 9.91. The Kier molecular flexibility index (Phi) is 7.36. The number of furan rings is 2. The monoisotopic (exact) mass is 816 g/mol. The Morgan fingerprint density at radius 1 is 0.344 bits per heavy atom. The fraction of sp³-hybridized carbons (Fsp3) is 0. The molecule has 0 N–H and O–H groups in total. The zero-order valence-corrected chi connectivity index (χ0v) is 34.5. The van der Waals surface area contributed by atoms with Crippen LogP contribution in [0.2, 0.25) is 0 Å². The highest BCUT2D eigenvalue weighted by atomic mass is 16.3. The van der Waals surface area contributed by atoms with Gasteiger partial charge in [0.25, 0.3) is 0 Å². The summed E-state index contributed by atoms with van der Waals surface area (Å²) in [5.74, 6) is 0. The molecule has 0 saturated carbocycles. The van der Waals surface area contributed by atoms with Crippen molar-refractivity contribution in [2.75, 3.05) is 4.90 Å². The van der Waals surface area contributed by atoms with Gasteiger partial charge in [-0.15, -0.1) is 0 Å². The summed E-state index contributed by atoms with van der Waals surface area (Å²) in [5.41, 5.74) is 19.1. The number of fused-ring (bicyclic) bond motifs is 15. The van der Waals surface area contributed by atoms with Crippen LogP contribution in [0.5, 0.6) is 0 Å². The van der Waals surface area contributed by atoms with Crippen molar-refractivity contribution in [3.8, 4) is 50.2 Å². The van der Waals surface area contributed by atoms with Crippen molar-refractivity contribution < 1.29 is 8.83 Å². The maximum absolute atomic E-state index is 7.31. The highest BCUT2D eigenvalue weighted by molar-refractivity contribution is 6.22. The predicted octanol–water partition coefficient (Wildman–Crippen LogP) is 17.0. The molecule has 64 heavy (non-hydrogen) atoms. The lowest BCUT2D eigenvalue weighted by Crippen LogP contribution is -2.10. The standard InChI is InChI=1S/C60H36N2O2/c1-2-14-37(15-3-1)38-30-32-40(33-31-38)61(54-28-13-24-48-45-20-6-9-29-55(45)63-59(48)54)41-17-10-16-39(36-41)42-21-11-23-49-50-35-34-46-43-18-4-7-26-52(43)62-53-27-8-5-19-44(53)47-22-12-25-51(57(47)62)56(46)60(50)64-58(42)49/h1-36H. The van der Waals surface area contributed by atoms with Crippen LogP contribution in [0.1, 0.15) is 0 Å². The van der Waals surface area contributed by atoms with E-state index >= 15 is 0 Å². The van der Waals surface area contributed by atoms with Crippen molar-refractivity contribution >= 4 is 82.7 Å². The zero-order valence-electron chi connectivity index (χ0n) is 34.5. The number of hydrogen-bond acceptors (Lipinski definition) is 3. The molecule has 0 aliphatic carbocycles. The molecular weight excluding hydrogens is 781 g/mol. The van der Waals surface area contributed by atoms with E-state index in [1.807, 2.05) is 12.1 Å². The van der Waals surface area contributed by atoms with E-state index in [-0.39, 0.29) is 0 Å². The van der Waals surface area contributed by atoms with Gasteiger partial charge < -0.3 is 18.3 Å². The Balaban J connectivity index is 0.980. The molecule has 0 saturated heterocycles. The summed E-state index contributed by atoms with van der Waals surface area (Å²) in [5, 5.41) is 6.85. The molecule has 14 rings (SSSR count). The number of aromatic nitrogens is 1. The van der Waals surface area contributed by atoms with E-state index in [1.54, 1.807) is 0 Å². The predicted molar refractivity (Wildman–Crippen MR) is 265 cm³/mol. The second-order valence-electron chi connectivity index (χ2n) is 16.8. The third-order valence-electron chi connectivity index (χ3n) is 13.3. The van der Waals surface area contributed by atoms with Gasteiger partial charge in [-0.3, -0.25) is 0 Å². The van der Waals surface area contributed by atoms with Gasteiger partial charge in [0.05, 0.1) is 22.4 Å². The average Bonchev–Trinajstić information content (AvgIpc) is 4.02. The van der Waals surface area contributed by atoms with Crippen LogP contribution in [0, 0.1) is 0 Å². The van der Waals surface area contributed by atoms with Crippen LogP contribution < -0.4 is 4.90 Å². The summed E-state index contributed by atoms with van der Waals surface area (Å²) in [4.78, 5) is 2.32. The van der Waals surface area contributed by atoms with Crippen molar-refractivity contribution in [3.63, 3.8) is 0 Å². The molecule has 0 bridgehead atoms. The summed E-state index contributed by atoms with van der Waals surface area (Å²) in [6, 6.07) is 78.3. The molecule has 1 aliphatic heterocycles. The second kappa shape index (κ2) is 13.4. The van der Waals surface area contributed by atoms with E-state index in [2.05, 4.69) is 216 Å². The van der Waals surface area contributed by atoms with Crippen LogP contribution in [0.3, 0.4) is 0 Å². The van der Waals surface area contributed by atoms with Crippen LogP contribution in [0.15, 0.2) is 227 Å². The molecule has 0 atom stereocenters. The summed E-state index contributed by atoms with van der Waals surface area (Å²) in [6.45, 7) is 0. The molecule has 3 aromatic heterocycles. The molecular formula is C60H36N2O2. The van der Waals surface area contributed by atoms with Gasteiger partial charge >= 0.3 is 0 Å². The molecule has 4 nitrogen and oxygen atoms in total. The largest absolute Gasteiger partial charge is 0.455 e. The average molecular weight is 817 g/mol. The van der Waals surface area contributed by atoms with E-state index in [9.17, 15) is 0 Å². The molecule has 4 heterocycles. The second-order valence-corrected chi connectivity index (χ2v) is 16.8. The van der Waals surface area contributed by atoms with Gasteiger partial charge in [0, 0.05) is 65.9 Å². The maximum atomic E-state index is 7.31. The normalized spacial score (nSPS) is 12.1. The van der Waals surface area contributed by atoms with Crippen molar-refractivity contribution in [3.05, 3.63) is 218 Å². The van der Waals surface area contributed by atoms with Crippen molar-refractivity contribution in [1.29, 1.82) is 0 Å². The smallest absolute Gasteiger partial charge is 0.159 e. The maximum Gasteiger partial charge on any atom is 0.159 e. The summed E-state index contributed by atoms with van der Waals surface area (Å²) in [6.07, 6.45) is 0. The summed E-state index contributed by atoms with van der Waals surface area (Å²) < 4.78 is 16.4. The van der Waals surface area contributed by atoms with Gasteiger partial charge in [0.15, 0.2) is 5.58 Å². The minimum atomic E-state index is 0.844. The van der Waals surface area contributed by atoms with Crippen LogP contribution in [0.25, 0.3) is 116 Å². The first-order valence-corrected chi connectivity index (χ1v) is 21.8. The number of benzene rings is 10. The zero-order chi connectivity index (χ0) is 41.9. The molecule has 13 aromatic rings. The third-order valence-corrected chi connectivity index (χ3v) is 13.3. The van der Waals surface area contributed by atoms with Gasteiger partial charge in [-0.1, -0.05) is 164 Å². The minimum Gasteiger partial charge on any atom is -0.455 e. The van der Waals surface area contributed by atoms with Gasteiger partial charge in [-0.25, -0.2) is 0 Å². The Bertz CT molecular complexity index is 4020.